The Kier molecular flexibility index (Phi) is 5.94. The number of carboxylic acids is 1. The summed E-state index contributed by atoms with van der Waals surface area (Å²) in [5.41, 5.74) is 1.72. The molecular weight excluding hydrogens is 324 g/mol. The van der Waals surface area contributed by atoms with E-state index in [9.17, 15) is 14.4 Å². The Hall–Kier alpha value is -3.09. The molecule has 0 bridgehead atoms. The summed E-state index contributed by atoms with van der Waals surface area (Å²) >= 11 is 0. The van der Waals surface area contributed by atoms with Crippen molar-refractivity contribution in [2.45, 2.75) is 26.7 Å². The topological polar surface area (TPSA) is 109 Å². The molecule has 0 aliphatic rings. The highest BCUT2D eigenvalue weighted by molar-refractivity contribution is 5.96. The van der Waals surface area contributed by atoms with Crippen LogP contribution in [0.3, 0.4) is 0 Å². The number of rotatable bonds is 7. The maximum Gasteiger partial charge on any atom is 0.339 e. The molecule has 0 radical (unpaired) electrons. The molecule has 2 amide bonds. The van der Waals surface area contributed by atoms with E-state index in [1.807, 2.05) is 12.1 Å². The van der Waals surface area contributed by atoms with Crippen molar-refractivity contribution in [1.82, 2.24) is 5.32 Å². The second-order valence-electron chi connectivity index (χ2n) is 5.49. The van der Waals surface area contributed by atoms with Crippen LogP contribution in [0, 0.1) is 0 Å². The molecule has 1 heterocycles. The quantitative estimate of drug-likeness (QED) is 0.715. The van der Waals surface area contributed by atoms with Crippen LogP contribution < -0.4 is 10.6 Å². The molecule has 7 nitrogen and oxygen atoms in total. The van der Waals surface area contributed by atoms with Crippen LogP contribution in [0.2, 0.25) is 0 Å². The Labute approximate surface area is 145 Å². The highest BCUT2D eigenvalue weighted by Gasteiger charge is 2.19. The molecule has 0 spiro atoms. The number of carbonyl (C=O) groups is 3. The van der Waals surface area contributed by atoms with Crippen LogP contribution in [-0.4, -0.2) is 29.4 Å². The van der Waals surface area contributed by atoms with Crippen LogP contribution in [0.15, 0.2) is 34.7 Å². The van der Waals surface area contributed by atoms with Gasteiger partial charge in [-0.1, -0.05) is 19.1 Å². The molecule has 0 aliphatic carbocycles. The molecule has 7 heteroatoms. The first-order valence-corrected chi connectivity index (χ1v) is 7.91. The third-order valence-corrected chi connectivity index (χ3v) is 3.56. The lowest BCUT2D eigenvalue weighted by molar-refractivity contribution is -0.114. The molecule has 0 fully saturated rings. The van der Waals surface area contributed by atoms with Crippen LogP contribution in [0.1, 0.15) is 46.1 Å². The summed E-state index contributed by atoms with van der Waals surface area (Å²) in [6.45, 7) is 3.58. The molecule has 0 aliphatic heterocycles. The summed E-state index contributed by atoms with van der Waals surface area (Å²) in [7, 11) is 0. The minimum Gasteiger partial charge on any atom is -0.478 e. The van der Waals surface area contributed by atoms with Crippen LogP contribution in [0.5, 0.6) is 0 Å². The van der Waals surface area contributed by atoms with E-state index in [4.69, 9.17) is 9.52 Å². The smallest absolute Gasteiger partial charge is 0.339 e. The van der Waals surface area contributed by atoms with Crippen LogP contribution >= 0.6 is 0 Å². The van der Waals surface area contributed by atoms with Crippen molar-refractivity contribution in [3.05, 3.63) is 53.0 Å². The number of benzene rings is 1. The lowest BCUT2D eigenvalue weighted by Crippen LogP contribution is -2.25. The van der Waals surface area contributed by atoms with E-state index in [0.29, 0.717) is 25.1 Å². The Balaban J connectivity index is 1.90. The molecule has 0 saturated heterocycles. The van der Waals surface area contributed by atoms with Crippen molar-refractivity contribution in [2.75, 3.05) is 11.9 Å². The van der Waals surface area contributed by atoms with Crippen molar-refractivity contribution in [3.8, 4) is 0 Å². The largest absolute Gasteiger partial charge is 0.478 e. The van der Waals surface area contributed by atoms with Gasteiger partial charge < -0.3 is 20.2 Å². The number of hydrogen-bond acceptors (Lipinski definition) is 4. The highest BCUT2D eigenvalue weighted by Crippen LogP contribution is 2.16. The molecule has 0 unspecified atom stereocenters. The van der Waals surface area contributed by atoms with E-state index in [0.717, 1.165) is 5.56 Å². The second kappa shape index (κ2) is 8.14. The summed E-state index contributed by atoms with van der Waals surface area (Å²) in [6, 6.07) is 8.55. The fraction of sp³-hybridized carbons (Fsp3) is 0.278. The first-order valence-electron chi connectivity index (χ1n) is 7.91. The summed E-state index contributed by atoms with van der Waals surface area (Å²) in [6.07, 6.45) is 0.995. The lowest BCUT2D eigenvalue weighted by atomic mass is 10.1. The number of hydrogen-bond donors (Lipinski definition) is 3. The number of carboxylic acid groups (broad SMARTS) is 1. The fourth-order valence-electron chi connectivity index (χ4n) is 2.35. The molecular formula is C18H20N2O5. The summed E-state index contributed by atoms with van der Waals surface area (Å²) in [5, 5.41) is 14.5. The summed E-state index contributed by atoms with van der Waals surface area (Å²) < 4.78 is 5.31. The summed E-state index contributed by atoms with van der Waals surface area (Å²) in [4.78, 5) is 34.1. The van der Waals surface area contributed by atoms with Crippen molar-refractivity contribution >= 4 is 23.5 Å². The molecule has 132 valence electrons. The number of amides is 2. The second-order valence-corrected chi connectivity index (χ2v) is 5.49. The average Bonchev–Trinajstić information content (AvgIpc) is 3.00. The average molecular weight is 344 g/mol. The van der Waals surface area contributed by atoms with E-state index in [1.165, 1.54) is 13.0 Å². The van der Waals surface area contributed by atoms with Gasteiger partial charge in [0.1, 0.15) is 11.3 Å². The van der Waals surface area contributed by atoms with Gasteiger partial charge >= 0.3 is 5.97 Å². The number of furan rings is 1. The number of carbonyl (C=O) groups excluding carboxylic acids is 2. The van der Waals surface area contributed by atoms with E-state index in [1.54, 1.807) is 19.1 Å². The third kappa shape index (κ3) is 4.94. The molecule has 2 aromatic rings. The minimum atomic E-state index is -1.11. The number of aryl methyl sites for hydroxylation is 1. The van der Waals surface area contributed by atoms with Gasteiger partial charge in [-0.15, -0.1) is 0 Å². The van der Waals surface area contributed by atoms with Crippen LogP contribution in [0.25, 0.3) is 0 Å². The van der Waals surface area contributed by atoms with E-state index in [-0.39, 0.29) is 23.0 Å². The molecule has 2 rings (SSSR count). The molecule has 25 heavy (non-hydrogen) atoms. The first kappa shape index (κ1) is 18.3. The summed E-state index contributed by atoms with van der Waals surface area (Å²) in [5.74, 6) is -1.41. The van der Waals surface area contributed by atoms with Gasteiger partial charge in [-0.2, -0.15) is 0 Å². The molecule has 0 atom stereocenters. The zero-order chi connectivity index (χ0) is 18.4. The zero-order valence-corrected chi connectivity index (χ0v) is 14.1. The standard InChI is InChI=1S/C18H20N2O5/c1-3-15-14(18(23)24)10-16(25-15)17(22)19-9-8-12-4-6-13(7-5-12)20-11(2)21/h4-7,10H,3,8-9H2,1-2H3,(H,19,22)(H,20,21)(H,23,24). The number of nitrogens with one attached hydrogen (secondary N) is 2. The Bertz CT molecular complexity index is 777. The SMILES string of the molecule is CCc1oc(C(=O)NCCc2ccc(NC(C)=O)cc2)cc1C(=O)O. The maximum absolute atomic E-state index is 12.1. The van der Waals surface area contributed by atoms with Gasteiger partial charge in [-0.05, 0) is 24.1 Å². The lowest BCUT2D eigenvalue weighted by Gasteiger charge is -2.06. The molecule has 0 saturated carbocycles. The van der Waals surface area contributed by atoms with E-state index < -0.39 is 11.9 Å². The Morgan fingerprint density at radius 2 is 1.84 bits per heavy atom. The number of anilines is 1. The minimum absolute atomic E-state index is 0.00439. The van der Waals surface area contributed by atoms with Crippen molar-refractivity contribution in [3.63, 3.8) is 0 Å². The fourth-order valence-corrected chi connectivity index (χ4v) is 2.35. The molecule has 1 aromatic heterocycles. The van der Waals surface area contributed by atoms with Gasteiger partial charge in [0, 0.05) is 31.6 Å². The van der Waals surface area contributed by atoms with Crippen molar-refractivity contribution < 1.29 is 23.9 Å². The van der Waals surface area contributed by atoms with Gasteiger partial charge in [0.05, 0.1) is 0 Å². The molecule has 1 aromatic carbocycles. The van der Waals surface area contributed by atoms with Crippen molar-refractivity contribution in [2.24, 2.45) is 0 Å². The first-order chi connectivity index (χ1) is 11.9. The Morgan fingerprint density at radius 3 is 2.36 bits per heavy atom. The monoisotopic (exact) mass is 344 g/mol. The van der Waals surface area contributed by atoms with Gasteiger partial charge in [-0.25, -0.2) is 4.79 Å². The molecule has 3 N–H and O–H groups in total. The van der Waals surface area contributed by atoms with E-state index >= 15 is 0 Å². The number of aromatic carboxylic acids is 1. The van der Waals surface area contributed by atoms with Gasteiger partial charge in [-0.3, -0.25) is 9.59 Å². The van der Waals surface area contributed by atoms with E-state index in [2.05, 4.69) is 10.6 Å². The third-order valence-electron chi connectivity index (χ3n) is 3.56. The van der Waals surface area contributed by atoms with Gasteiger partial charge in [0.15, 0.2) is 5.76 Å². The maximum atomic E-state index is 12.1. The zero-order valence-electron chi connectivity index (χ0n) is 14.1. The van der Waals surface area contributed by atoms with Crippen LogP contribution in [-0.2, 0) is 17.6 Å². The van der Waals surface area contributed by atoms with Gasteiger partial charge in [0.25, 0.3) is 5.91 Å². The van der Waals surface area contributed by atoms with Gasteiger partial charge in [0.2, 0.25) is 5.91 Å². The van der Waals surface area contributed by atoms with Crippen LogP contribution in [0.4, 0.5) is 5.69 Å². The predicted octanol–water partition coefficient (Wildman–Crippen LogP) is 2.47. The predicted molar refractivity (Wildman–Crippen MR) is 91.8 cm³/mol. The highest BCUT2D eigenvalue weighted by atomic mass is 16.4. The Morgan fingerprint density at radius 1 is 1.16 bits per heavy atom. The normalized spacial score (nSPS) is 10.3. The van der Waals surface area contributed by atoms with Crippen molar-refractivity contribution in [1.29, 1.82) is 0 Å².